The minimum absolute atomic E-state index is 0.174. The molecule has 0 aliphatic rings. The van der Waals surface area contributed by atoms with E-state index in [0.29, 0.717) is 23.2 Å². The Hall–Kier alpha value is -0.930. The van der Waals surface area contributed by atoms with Crippen LogP contribution in [0.1, 0.15) is 19.4 Å². The first-order valence-electron chi connectivity index (χ1n) is 5.68. The standard InChI is InChI=1S/C13H20ClNO2/c1-9(2)7-15(3)8-10-5-11(14)6-12(17-4)13(10)16/h5-6,9,16H,7-8H2,1-4H3. The second kappa shape index (κ2) is 6.12. The van der Waals surface area contributed by atoms with Gasteiger partial charge in [0.15, 0.2) is 11.5 Å². The summed E-state index contributed by atoms with van der Waals surface area (Å²) in [4.78, 5) is 2.15. The zero-order chi connectivity index (χ0) is 13.0. The molecule has 0 amide bonds. The molecule has 3 nitrogen and oxygen atoms in total. The van der Waals surface area contributed by atoms with Gasteiger partial charge in [-0.2, -0.15) is 0 Å². The lowest BCUT2D eigenvalue weighted by atomic mass is 10.1. The number of phenols is 1. The largest absolute Gasteiger partial charge is 0.504 e. The Kier molecular flexibility index (Phi) is 5.09. The van der Waals surface area contributed by atoms with Gasteiger partial charge >= 0.3 is 0 Å². The van der Waals surface area contributed by atoms with Gasteiger partial charge in [0.25, 0.3) is 0 Å². The van der Waals surface area contributed by atoms with E-state index < -0.39 is 0 Å². The molecule has 0 unspecified atom stereocenters. The van der Waals surface area contributed by atoms with Crippen LogP contribution in [0.4, 0.5) is 0 Å². The maximum atomic E-state index is 9.99. The second-order valence-corrected chi connectivity index (χ2v) is 5.14. The molecule has 0 bridgehead atoms. The summed E-state index contributed by atoms with van der Waals surface area (Å²) < 4.78 is 5.08. The molecule has 17 heavy (non-hydrogen) atoms. The number of ether oxygens (including phenoxy) is 1. The summed E-state index contributed by atoms with van der Waals surface area (Å²) in [6, 6.07) is 3.39. The van der Waals surface area contributed by atoms with Gasteiger partial charge in [-0.15, -0.1) is 0 Å². The molecule has 96 valence electrons. The number of hydrogen-bond acceptors (Lipinski definition) is 3. The summed E-state index contributed by atoms with van der Waals surface area (Å²) in [6.07, 6.45) is 0. The predicted octanol–water partition coefficient (Wildman–Crippen LogP) is 3.14. The normalized spacial score (nSPS) is 11.2. The van der Waals surface area contributed by atoms with E-state index in [9.17, 15) is 5.11 Å². The molecule has 0 atom stereocenters. The Morgan fingerprint density at radius 1 is 1.41 bits per heavy atom. The van der Waals surface area contributed by atoms with Crippen LogP contribution in [-0.4, -0.2) is 30.7 Å². The molecular weight excluding hydrogens is 238 g/mol. The average Bonchev–Trinajstić information content (AvgIpc) is 2.21. The molecule has 0 radical (unpaired) electrons. The number of aromatic hydroxyl groups is 1. The van der Waals surface area contributed by atoms with E-state index in [2.05, 4.69) is 18.7 Å². The maximum Gasteiger partial charge on any atom is 0.162 e. The number of hydrogen-bond donors (Lipinski definition) is 1. The van der Waals surface area contributed by atoms with Gasteiger partial charge < -0.3 is 14.7 Å². The minimum Gasteiger partial charge on any atom is -0.504 e. The first-order chi connectivity index (χ1) is 7.93. The van der Waals surface area contributed by atoms with Crippen LogP contribution >= 0.6 is 11.6 Å². The van der Waals surface area contributed by atoms with Crippen LogP contribution in [0.3, 0.4) is 0 Å². The fourth-order valence-corrected chi connectivity index (χ4v) is 2.11. The lowest BCUT2D eigenvalue weighted by Gasteiger charge is -2.20. The van der Waals surface area contributed by atoms with E-state index in [1.807, 2.05) is 7.05 Å². The molecule has 0 aliphatic heterocycles. The second-order valence-electron chi connectivity index (χ2n) is 4.71. The molecule has 0 saturated heterocycles. The molecule has 1 rings (SSSR count). The quantitative estimate of drug-likeness (QED) is 0.880. The highest BCUT2D eigenvalue weighted by Gasteiger charge is 2.12. The van der Waals surface area contributed by atoms with Crippen molar-refractivity contribution in [2.45, 2.75) is 20.4 Å². The van der Waals surface area contributed by atoms with E-state index in [4.69, 9.17) is 16.3 Å². The average molecular weight is 258 g/mol. The van der Waals surface area contributed by atoms with Gasteiger partial charge in [-0.25, -0.2) is 0 Å². The fourth-order valence-electron chi connectivity index (χ4n) is 1.88. The SMILES string of the molecule is COc1cc(Cl)cc(CN(C)CC(C)C)c1O. The molecule has 0 saturated carbocycles. The summed E-state index contributed by atoms with van der Waals surface area (Å²) in [6.45, 7) is 5.94. The molecule has 1 aromatic rings. The van der Waals surface area contributed by atoms with Gasteiger partial charge in [0, 0.05) is 29.7 Å². The van der Waals surface area contributed by atoms with Gasteiger partial charge in [-0.05, 0) is 19.0 Å². The van der Waals surface area contributed by atoms with E-state index in [1.165, 1.54) is 7.11 Å². The molecule has 1 N–H and O–H groups in total. The number of methoxy groups -OCH3 is 1. The lowest BCUT2D eigenvalue weighted by molar-refractivity contribution is 0.282. The van der Waals surface area contributed by atoms with Crippen molar-refractivity contribution >= 4 is 11.6 Å². The molecule has 4 heteroatoms. The topological polar surface area (TPSA) is 32.7 Å². The number of nitrogens with zero attached hydrogens (tertiary/aromatic N) is 1. The zero-order valence-electron chi connectivity index (χ0n) is 10.8. The summed E-state index contributed by atoms with van der Waals surface area (Å²) >= 11 is 5.98. The fraction of sp³-hybridized carbons (Fsp3) is 0.538. The van der Waals surface area contributed by atoms with Gasteiger partial charge in [0.05, 0.1) is 7.11 Å². The molecule has 1 aromatic carbocycles. The van der Waals surface area contributed by atoms with Gasteiger partial charge in [-0.3, -0.25) is 0 Å². The number of halogens is 1. The lowest BCUT2D eigenvalue weighted by Crippen LogP contribution is -2.22. The Morgan fingerprint density at radius 2 is 2.06 bits per heavy atom. The van der Waals surface area contributed by atoms with E-state index in [0.717, 1.165) is 12.1 Å². The molecule has 0 spiro atoms. The van der Waals surface area contributed by atoms with Crippen LogP contribution in [0.2, 0.25) is 5.02 Å². The van der Waals surface area contributed by atoms with Crippen molar-refractivity contribution in [2.75, 3.05) is 20.7 Å². The van der Waals surface area contributed by atoms with Gasteiger partial charge in [0.1, 0.15) is 0 Å². The highest BCUT2D eigenvalue weighted by Crippen LogP contribution is 2.33. The Bertz CT molecular complexity index is 380. The van der Waals surface area contributed by atoms with Crippen LogP contribution in [0.15, 0.2) is 12.1 Å². The number of phenolic OH excluding ortho intramolecular Hbond substituents is 1. The zero-order valence-corrected chi connectivity index (χ0v) is 11.6. The summed E-state index contributed by atoms with van der Waals surface area (Å²) in [5, 5.41) is 10.6. The van der Waals surface area contributed by atoms with Crippen LogP contribution in [0.5, 0.6) is 11.5 Å². The predicted molar refractivity (Wildman–Crippen MR) is 70.8 cm³/mol. The maximum absolute atomic E-state index is 9.99. The van der Waals surface area contributed by atoms with Crippen LogP contribution in [0, 0.1) is 5.92 Å². The van der Waals surface area contributed by atoms with Gasteiger partial charge in [-0.1, -0.05) is 25.4 Å². The Morgan fingerprint density at radius 3 is 2.59 bits per heavy atom. The smallest absolute Gasteiger partial charge is 0.162 e. The summed E-state index contributed by atoms with van der Waals surface area (Å²) in [5.74, 6) is 1.18. The molecule has 0 fully saturated rings. The van der Waals surface area contributed by atoms with Crippen molar-refractivity contribution < 1.29 is 9.84 Å². The van der Waals surface area contributed by atoms with Crippen molar-refractivity contribution in [1.82, 2.24) is 4.90 Å². The van der Waals surface area contributed by atoms with Crippen molar-refractivity contribution in [3.63, 3.8) is 0 Å². The summed E-state index contributed by atoms with van der Waals surface area (Å²) in [5.41, 5.74) is 0.789. The highest BCUT2D eigenvalue weighted by atomic mass is 35.5. The van der Waals surface area contributed by atoms with Gasteiger partial charge in [0.2, 0.25) is 0 Å². The van der Waals surface area contributed by atoms with Crippen LogP contribution in [-0.2, 0) is 6.54 Å². The third-order valence-electron chi connectivity index (χ3n) is 2.46. The van der Waals surface area contributed by atoms with Crippen molar-refractivity contribution in [3.05, 3.63) is 22.7 Å². The van der Waals surface area contributed by atoms with Crippen LogP contribution in [0.25, 0.3) is 0 Å². The first-order valence-corrected chi connectivity index (χ1v) is 6.05. The first kappa shape index (κ1) is 14.1. The van der Waals surface area contributed by atoms with Crippen molar-refractivity contribution in [1.29, 1.82) is 0 Å². The van der Waals surface area contributed by atoms with E-state index in [1.54, 1.807) is 12.1 Å². The summed E-state index contributed by atoms with van der Waals surface area (Å²) in [7, 11) is 3.54. The third-order valence-corrected chi connectivity index (χ3v) is 2.67. The number of rotatable bonds is 5. The van der Waals surface area contributed by atoms with Crippen molar-refractivity contribution in [2.24, 2.45) is 5.92 Å². The molecular formula is C13H20ClNO2. The number of benzene rings is 1. The molecule has 0 aliphatic carbocycles. The molecule has 0 heterocycles. The van der Waals surface area contributed by atoms with E-state index >= 15 is 0 Å². The highest BCUT2D eigenvalue weighted by molar-refractivity contribution is 6.30. The molecule has 0 aromatic heterocycles. The monoisotopic (exact) mass is 257 g/mol. The van der Waals surface area contributed by atoms with Crippen LogP contribution < -0.4 is 4.74 Å². The Labute approximate surface area is 108 Å². The van der Waals surface area contributed by atoms with E-state index in [-0.39, 0.29) is 5.75 Å². The Balaban J connectivity index is 2.86. The van der Waals surface area contributed by atoms with Crippen molar-refractivity contribution in [3.8, 4) is 11.5 Å². The minimum atomic E-state index is 0.174. The third kappa shape index (κ3) is 4.10.